The van der Waals surface area contributed by atoms with Crippen LogP contribution in [0.5, 0.6) is 5.75 Å². The van der Waals surface area contributed by atoms with Crippen LogP contribution < -0.4 is 21.4 Å². The Morgan fingerprint density at radius 2 is 1.70 bits per heavy atom. The minimum atomic E-state index is -1.35. The van der Waals surface area contributed by atoms with Crippen LogP contribution in [0.1, 0.15) is 48.9 Å². The maximum absolute atomic E-state index is 12.9. The van der Waals surface area contributed by atoms with Crippen molar-refractivity contribution in [1.29, 1.82) is 0 Å². The standard InChI is InChI=1S/C23H28N2O5.C8H11BO2.C2H6/c1-16-12-19(30-15-28-4)10-11-20(16)21-17(2)22(26)25(23(27)24(21)3)14-29-13-18-8-6-5-7-9-18;1-6-3-4-8(9(10)11)7(2)5-6;1-2/h5-6,8,10-12H,7,9,13-15H2,1-4H3;3-5,10-11H,1-2H3;1-2H3. The second-order valence-corrected chi connectivity index (χ2v) is 10.1. The molecule has 0 radical (unpaired) electrons. The van der Waals surface area contributed by atoms with Gasteiger partial charge < -0.3 is 24.3 Å². The summed E-state index contributed by atoms with van der Waals surface area (Å²) in [6, 6.07) is 11.0. The van der Waals surface area contributed by atoms with E-state index in [1.54, 1.807) is 33.2 Å². The van der Waals surface area contributed by atoms with Crippen LogP contribution in [0.2, 0.25) is 0 Å². The molecule has 0 bridgehead atoms. The van der Waals surface area contributed by atoms with Gasteiger partial charge in [0.2, 0.25) is 0 Å². The smallest absolute Gasteiger partial charge is 0.468 e. The summed E-state index contributed by atoms with van der Waals surface area (Å²) in [5.41, 5.74) is 5.83. The summed E-state index contributed by atoms with van der Waals surface area (Å²) < 4.78 is 18.7. The number of hydrogen-bond donors (Lipinski definition) is 2. The van der Waals surface area contributed by atoms with Gasteiger partial charge in [-0.1, -0.05) is 61.4 Å². The Bertz CT molecular complexity index is 1500. The third-order valence-electron chi connectivity index (χ3n) is 6.88. The second-order valence-electron chi connectivity index (χ2n) is 10.1. The van der Waals surface area contributed by atoms with Crippen molar-refractivity contribution < 1.29 is 24.3 Å². The first-order valence-electron chi connectivity index (χ1n) is 14.4. The summed E-state index contributed by atoms with van der Waals surface area (Å²) in [7, 11) is 1.88. The molecule has 1 aliphatic rings. The molecule has 3 aromatic rings. The van der Waals surface area contributed by atoms with Gasteiger partial charge in [0.05, 0.1) is 12.3 Å². The van der Waals surface area contributed by atoms with Crippen molar-refractivity contribution in [2.24, 2.45) is 7.05 Å². The van der Waals surface area contributed by atoms with Crippen molar-refractivity contribution in [2.75, 3.05) is 20.5 Å². The van der Waals surface area contributed by atoms with E-state index in [1.807, 2.05) is 71.0 Å². The topological polar surface area (TPSA) is 112 Å². The van der Waals surface area contributed by atoms with Crippen molar-refractivity contribution in [3.05, 3.63) is 103 Å². The quantitative estimate of drug-likeness (QED) is 0.285. The maximum atomic E-state index is 12.9. The lowest BCUT2D eigenvalue weighted by molar-refractivity contribution is 0.0511. The predicted molar refractivity (Wildman–Crippen MR) is 173 cm³/mol. The van der Waals surface area contributed by atoms with Crippen LogP contribution in [-0.4, -0.2) is 46.8 Å². The fourth-order valence-electron chi connectivity index (χ4n) is 4.69. The van der Waals surface area contributed by atoms with E-state index in [0.29, 0.717) is 29.1 Å². The van der Waals surface area contributed by atoms with Gasteiger partial charge in [-0.15, -0.1) is 0 Å². The Morgan fingerprint density at radius 1 is 0.977 bits per heavy atom. The predicted octanol–water partition coefficient (Wildman–Crippen LogP) is 4.07. The van der Waals surface area contributed by atoms with E-state index >= 15 is 0 Å². The Morgan fingerprint density at radius 3 is 2.28 bits per heavy atom. The Kier molecular flexibility index (Phi) is 14.4. The summed E-state index contributed by atoms with van der Waals surface area (Å²) >= 11 is 0. The number of aryl methyl sites for hydroxylation is 3. The Balaban J connectivity index is 0.000000415. The summed E-state index contributed by atoms with van der Waals surface area (Å²) in [6.07, 6.45) is 8.04. The molecule has 9 nitrogen and oxygen atoms in total. The van der Waals surface area contributed by atoms with Crippen molar-refractivity contribution in [1.82, 2.24) is 9.13 Å². The average molecular weight is 593 g/mol. The monoisotopic (exact) mass is 592 g/mol. The molecule has 0 atom stereocenters. The molecule has 10 heteroatoms. The second kappa shape index (κ2) is 17.4. The molecule has 2 aromatic carbocycles. The molecule has 0 saturated heterocycles. The van der Waals surface area contributed by atoms with Crippen molar-refractivity contribution in [3.8, 4) is 17.0 Å². The van der Waals surface area contributed by atoms with E-state index in [9.17, 15) is 9.59 Å². The van der Waals surface area contributed by atoms with Gasteiger partial charge in [0.25, 0.3) is 5.56 Å². The highest BCUT2D eigenvalue weighted by Gasteiger charge is 2.18. The third-order valence-corrected chi connectivity index (χ3v) is 6.88. The van der Waals surface area contributed by atoms with E-state index in [2.05, 4.69) is 6.08 Å². The van der Waals surface area contributed by atoms with Crippen LogP contribution in [0.25, 0.3) is 11.3 Å². The van der Waals surface area contributed by atoms with Gasteiger partial charge in [-0.05, 0) is 75.3 Å². The lowest BCUT2D eigenvalue weighted by Crippen LogP contribution is -2.41. The number of nitrogens with zero attached hydrogens (tertiary/aromatic N) is 2. The minimum Gasteiger partial charge on any atom is -0.468 e. The van der Waals surface area contributed by atoms with Crippen molar-refractivity contribution in [3.63, 3.8) is 0 Å². The minimum absolute atomic E-state index is 0.0730. The summed E-state index contributed by atoms with van der Waals surface area (Å²) in [5.74, 6) is 0.661. The van der Waals surface area contributed by atoms with Crippen LogP contribution in [0.4, 0.5) is 0 Å². The zero-order valence-corrected chi connectivity index (χ0v) is 26.6. The Labute approximate surface area is 254 Å². The molecular weight excluding hydrogens is 547 g/mol. The molecule has 0 saturated carbocycles. The maximum Gasteiger partial charge on any atom is 0.488 e. The largest absolute Gasteiger partial charge is 0.488 e. The molecule has 0 spiro atoms. The number of hydrogen-bond acceptors (Lipinski definition) is 7. The summed E-state index contributed by atoms with van der Waals surface area (Å²) in [4.78, 5) is 25.9. The van der Waals surface area contributed by atoms with Crippen LogP contribution in [0.3, 0.4) is 0 Å². The van der Waals surface area contributed by atoms with Gasteiger partial charge in [0.15, 0.2) is 6.79 Å². The van der Waals surface area contributed by atoms with Crippen LogP contribution in [-0.2, 0) is 23.3 Å². The molecule has 4 rings (SSSR count). The van der Waals surface area contributed by atoms with Crippen LogP contribution >= 0.6 is 0 Å². The number of methoxy groups -OCH3 is 1. The fourth-order valence-corrected chi connectivity index (χ4v) is 4.69. The van der Waals surface area contributed by atoms with Gasteiger partial charge in [-0.3, -0.25) is 9.36 Å². The van der Waals surface area contributed by atoms with E-state index in [1.165, 1.54) is 4.57 Å². The molecule has 2 N–H and O–H groups in total. The SMILES string of the molecule is CC.COCOc1ccc(-c2c(C)c(=O)n(COCC3=CC=CCC3)c(=O)n2C)c(C)c1.Cc1ccc(B(O)O)c(C)c1. The van der Waals surface area contributed by atoms with Gasteiger partial charge in [-0.2, -0.15) is 0 Å². The van der Waals surface area contributed by atoms with Crippen LogP contribution in [0, 0.1) is 27.7 Å². The normalized spacial score (nSPS) is 12.0. The molecule has 232 valence electrons. The summed E-state index contributed by atoms with van der Waals surface area (Å²) in [6.45, 7) is 12.0. The zero-order valence-electron chi connectivity index (χ0n) is 26.6. The van der Waals surface area contributed by atoms with E-state index in [-0.39, 0.29) is 19.1 Å². The van der Waals surface area contributed by atoms with Crippen molar-refractivity contribution >= 4 is 12.6 Å². The van der Waals surface area contributed by atoms with Gasteiger partial charge in [0, 0.05) is 25.3 Å². The number of allylic oxidation sites excluding steroid dienone is 3. The highest BCUT2D eigenvalue weighted by Crippen LogP contribution is 2.27. The third kappa shape index (κ3) is 9.66. The highest BCUT2D eigenvalue weighted by atomic mass is 16.7. The number of rotatable bonds is 9. The summed E-state index contributed by atoms with van der Waals surface area (Å²) in [5, 5.41) is 17.7. The first-order chi connectivity index (χ1) is 20.5. The molecule has 0 unspecified atom stereocenters. The number of aromatic nitrogens is 2. The molecule has 0 aliphatic heterocycles. The highest BCUT2D eigenvalue weighted by molar-refractivity contribution is 6.59. The van der Waals surface area contributed by atoms with E-state index < -0.39 is 12.8 Å². The molecule has 1 heterocycles. The first kappa shape index (κ1) is 35.5. The number of ether oxygens (including phenoxy) is 3. The van der Waals surface area contributed by atoms with Crippen LogP contribution in [0.15, 0.2) is 69.8 Å². The molecule has 1 aliphatic carbocycles. The molecule has 0 fully saturated rings. The van der Waals surface area contributed by atoms with Gasteiger partial charge in [-0.25, -0.2) is 9.36 Å². The lowest BCUT2D eigenvalue weighted by Gasteiger charge is -2.18. The fraction of sp³-hybridized carbons (Fsp3) is 0.394. The lowest BCUT2D eigenvalue weighted by atomic mass is 9.77. The Hall–Kier alpha value is -3.70. The van der Waals surface area contributed by atoms with Gasteiger partial charge >= 0.3 is 12.8 Å². The number of benzene rings is 2. The zero-order chi connectivity index (χ0) is 32.1. The van der Waals surface area contributed by atoms with E-state index in [0.717, 1.165) is 45.2 Å². The molecule has 1 aromatic heterocycles. The molecular formula is C33H45BN2O7. The average Bonchev–Trinajstić information content (AvgIpc) is 2.99. The van der Waals surface area contributed by atoms with Gasteiger partial charge in [0.1, 0.15) is 12.5 Å². The molecule has 43 heavy (non-hydrogen) atoms. The van der Waals surface area contributed by atoms with Crippen molar-refractivity contribution in [2.45, 2.75) is 61.1 Å². The van der Waals surface area contributed by atoms with E-state index in [4.69, 9.17) is 24.3 Å². The molecule has 0 amide bonds. The first-order valence-corrected chi connectivity index (χ1v) is 14.4.